The summed E-state index contributed by atoms with van der Waals surface area (Å²) < 4.78 is 5.30. The molecule has 0 rings (SSSR count). The molecule has 0 aromatic rings. The highest BCUT2D eigenvalue weighted by molar-refractivity contribution is 4.79. The van der Waals surface area contributed by atoms with Gasteiger partial charge in [0.2, 0.25) is 0 Å². The van der Waals surface area contributed by atoms with E-state index < -0.39 is 0 Å². The quantitative estimate of drug-likeness (QED) is 0.582. The Balaban J connectivity index is 4.03. The van der Waals surface area contributed by atoms with E-state index in [1.807, 2.05) is 0 Å². The van der Waals surface area contributed by atoms with Crippen molar-refractivity contribution in [3.05, 3.63) is 0 Å². The largest absolute Gasteiger partial charge is 0.384 e. The van der Waals surface area contributed by atoms with Gasteiger partial charge in [0.1, 0.15) is 0 Å². The molecular weight excluding hydrogens is 174 g/mol. The van der Waals surface area contributed by atoms with Crippen molar-refractivity contribution in [1.82, 2.24) is 0 Å². The van der Waals surface area contributed by atoms with Crippen molar-refractivity contribution in [3.63, 3.8) is 0 Å². The molecule has 0 aromatic carbocycles. The molecule has 0 aliphatic rings. The summed E-state index contributed by atoms with van der Waals surface area (Å²) in [5.74, 6) is 0. The van der Waals surface area contributed by atoms with Crippen molar-refractivity contribution in [2.75, 3.05) is 20.3 Å². The molecule has 0 spiro atoms. The van der Waals surface area contributed by atoms with Crippen LogP contribution in [0.1, 0.15) is 52.4 Å². The van der Waals surface area contributed by atoms with E-state index in [0.29, 0.717) is 0 Å². The van der Waals surface area contributed by atoms with Gasteiger partial charge in [0.05, 0.1) is 6.61 Å². The van der Waals surface area contributed by atoms with E-state index in [2.05, 4.69) is 13.8 Å². The summed E-state index contributed by atoms with van der Waals surface area (Å²) in [6.45, 7) is 6.04. The summed E-state index contributed by atoms with van der Waals surface area (Å²) in [7, 11) is 1.78. The first-order valence-electron chi connectivity index (χ1n) is 5.93. The van der Waals surface area contributed by atoms with E-state index in [1.54, 1.807) is 7.11 Å². The van der Waals surface area contributed by atoms with Gasteiger partial charge < -0.3 is 10.5 Å². The van der Waals surface area contributed by atoms with Crippen LogP contribution in [0.25, 0.3) is 0 Å². The number of rotatable bonds is 9. The average Bonchev–Trinajstić information content (AvgIpc) is 2.19. The molecule has 2 nitrogen and oxygen atoms in total. The van der Waals surface area contributed by atoms with Gasteiger partial charge in [0.25, 0.3) is 0 Å². The van der Waals surface area contributed by atoms with E-state index in [0.717, 1.165) is 13.2 Å². The van der Waals surface area contributed by atoms with Crippen LogP contribution < -0.4 is 5.73 Å². The summed E-state index contributed by atoms with van der Waals surface area (Å²) in [5.41, 5.74) is 6.13. The van der Waals surface area contributed by atoms with Crippen LogP contribution in [-0.2, 0) is 4.74 Å². The van der Waals surface area contributed by atoms with Crippen LogP contribution in [0.4, 0.5) is 0 Å². The maximum atomic E-state index is 5.88. The minimum absolute atomic E-state index is 0.249. The average molecular weight is 201 g/mol. The lowest BCUT2D eigenvalue weighted by molar-refractivity contribution is 0.0682. The Labute approximate surface area is 89.2 Å². The normalized spacial score (nSPS) is 15.4. The Morgan fingerprint density at radius 2 is 1.79 bits per heavy atom. The lowest BCUT2D eigenvalue weighted by atomic mass is 9.79. The molecule has 2 heteroatoms. The van der Waals surface area contributed by atoms with E-state index in [9.17, 15) is 0 Å². The van der Waals surface area contributed by atoms with Crippen LogP contribution in [0.15, 0.2) is 0 Å². The molecule has 0 amide bonds. The van der Waals surface area contributed by atoms with E-state index in [4.69, 9.17) is 10.5 Å². The predicted molar refractivity (Wildman–Crippen MR) is 62.4 cm³/mol. The number of hydrogen-bond donors (Lipinski definition) is 1. The molecule has 0 aromatic heterocycles. The van der Waals surface area contributed by atoms with E-state index in [-0.39, 0.29) is 5.41 Å². The lowest BCUT2D eigenvalue weighted by Gasteiger charge is -2.31. The number of methoxy groups -OCH3 is 1. The van der Waals surface area contributed by atoms with Crippen LogP contribution in [0, 0.1) is 5.41 Å². The van der Waals surface area contributed by atoms with Crippen LogP contribution >= 0.6 is 0 Å². The summed E-state index contributed by atoms with van der Waals surface area (Å²) in [6, 6.07) is 0. The highest BCUT2D eigenvalue weighted by Crippen LogP contribution is 2.29. The highest BCUT2D eigenvalue weighted by atomic mass is 16.5. The first-order valence-corrected chi connectivity index (χ1v) is 5.93. The Kier molecular flexibility index (Phi) is 8.20. The van der Waals surface area contributed by atoms with Gasteiger partial charge in [-0.2, -0.15) is 0 Å². The van der Waals surface area contributed by atoms with Crippen LogP contribution in [0.5, 0.6) is 0 Å². The smallest absolute Gasteiger partial charge is 0.0530 e. The zero-order valence-electron chi connectivity index (χ0n) is 10.1. The third kappa shape index (κ3) is 4.97. The Bertz CT molecular complexity index is 119. The maximum absolute atomic E-state index is 5.88. The third-order valence-electron chi connectivity index (χ3n) is 2.97. The summed E-state index contributed by atoms with van der Waals surface area (Å²) in [4.78, 5) is 0. The molecule has 0 aliphatic heterocycles. The van der Waals surface area contributed by atoms with Crippen LogP contribution in [0.2, 0.25) is 0 Å². The van der Waals surface area contributed by atoms with Crippen LogP contribution in [0.3, 0.4) is 0 Å². The highest BCUT2D eigenvalue weighted by Gasteiger charge is 2.26. The summed E-state index contributed by atoms with van der Waals surface area (Å²) >= 11 is 0. The van der Waals surface area contributed by atoms with Gasteiger partial charge in [-0.3, -0.25) is 0 Å². The number of unbranched alkanes of at least 4 members (excludes halogenated alkanes) is 2. The van der Waals surface area contributed by atoms with Gasteiger partial charge in [0, 0.05) is 19.1 Å². The second kappa shape index (κ2) is 8.25. The van der Waals surface area contributed by atoms with Gasteiger partial charge in [-0.15, -0.1) is 0 Å². The minimum Gasteiger partial charge on any atom is -0.384 e. The van der Waals surface area contributed by atoms with Gasteiger partial charge in [-0.25, -0.2) is 0 Å². The molecule has 0 heterocycles. The molecule has 1 atom stereocenters. The van der Waals surface area contributed by atoms with Crippen molar-refractivity contribution in [3.8, 4) is 0 Å². The second-order valence-corrected chi connectivity index (χ2v) is 4.34. The van der Waals surface area contributed by atoms with Crippen molar-refractivity contribution >= 4 is 0 Å². The Morgan fingerprint density at radius 1 is 1.07 bits per heavy atom. The van der Waals surface area contributed by atoms with Crippen molar-refractivity contribution in [1.29, 1.82) is 0 Å². The SMILES string of the molecule is CCCCCC(CN)(CCC)COC. The van der Waals surface area contributed by atoms with Crippen LogP contribution in [-0.4, -0.2) is 20.3 Å². The molecule has 0 aliphatic carbocycles. The van der Waals surface area contributed by atoms with E-state index in [1.165, 1.54) is 38.5 Å². The Morgan fingerprint density at radius 3 is 2.21 bits per heavy atom. The fourth-order valence-corrected chi connectivity index (χ4v) is 2.12. The first kappa shape index (κ1) is 13.9. The van der Waals surface area contributed by atoms with Gasteiger partial charge >= 0.3 is 0 Å². The first-order chi connectivity index (χ1) is 6.74. The second-order valence-electron chi connectivity index (χ2n) is 4.34. The molecule has 0 saturated heterocycles. The molecule has 0 bridgehead atoms. The predicted octanol–water partition coefficient (Wildman–Crippen LogP) is 2.96. The number of ether oxygens (including phenoxy) is 1. The zero-order valence-corrected chi connectivity index (χ0v) is 10.1. The summed E-state index contributed by atoms with van der Waals surface area (Å²) in [5, 5.41) is 0. The molecule has 0 fully saturated rings. The maximum Gasteiger partial charge on any atom is 0.0530 e. The number of nitrogens with two attached hydrogens (primary N) is 1. The molecule has 0 saturated carbocycles. The zero-order chi connectivity index (χ0) is 10.9. The fraction of sp³-hybridized carbons (Fsp3) is 1.00. The molecule has 86 valence electrons. The standard InChI is InChI=1S/C12H27NO/c1-4-6-7-9-12(10-13,8-5-2)11-14-3/h4-11,13H2,1-3H3. The Hall–Kier alpha value is -0.0800. The summed E-state index contributed by atoms with van der Waals surface area (Å²) in [6.07, 6.45) is 7.50. The van der Waals surface area contributed by atoms with Crippen molar-refractivity contribution in [2.24, 2.45) is 11.1 Å². The molecule has 0 radical (unpaired) electrons. The lowest BCUT2D eigenvalue weighted by Crippen LogP contribution is -2.35. The van der Waals surface area contributed by atoms with E-state index >= 15 is 0 Å². The topological polar surface area (TPSA) is 35.2 Å². The van der Waals surface area contributed by atoms with Crippen molar-refractivity contribution < 1.29 is 4.74 Å². The third-order valence-corrected chi connectivity index (χ3v) is 2.97. The molecule has 2 N–H and O–H groups in total. The monoisotopic (exact) mass is 201 g/mol. The molecular formula is C12H27NO. The number of hydrogen-bond acceptors (Lipinski definition) is 2. The molecule has 14 heavy (non-hydrogen) atoms. The minimum atomic E-state index is 0.249. The molecule has 1 unspecified atom stereocenters. The van der Waals surface area contributed by atoms with Gasteiger partial charge in [-0.1, -0.05) is 39.5 Å². The van der Waals surface area contributed by atoms with Crippen molar-refractivity contribution in [2.45, 2.75) is 52.4 Å². The van der Waals surface area contributed by atoms with Gasteiger partial charge in [0.15, 0.2) is 0 Å². The fourth-order valence-electron chi connectivity index (χ4n) is 2.12. The van der Waals surface area contributed by atoms with Gasteiger partial charge in [-0.05, 0) is 12.8 Å².